The zero-order valence-corrected chi connectivity index (χ0v) is 17.0. The molecule has 0 saturated heterocycles. The lowest BCUT2D eigenvalue weighted by molar-refractivity contribution is -0.118. The van der Waals surface area contributed by atoms with Gasteiger partial charge in [0.05, 0.1) is 0 Å². The largest absolute Gasteiger partial charge is 0.484 e. The van der Waals surface area contributed by atoms with Crippen LogP contribution in [0.25, 0.3) is 22.5 Å². The van der Waals surface area contributed by atoms with E-state index >= 15 is 0 Å². The molecule has 4 aromatic rings. The van der Waals surface area contributed by atoms with E-state index < -0.39 is 5.91 Å². The van der Waals surface area contributed by atoms with Gasteiger partial charge in [0.25, 0.3) is 5.91 Å². The van der Waals surface area contributed by atoms with E-state index in [2.05, 4.69) is 5.32 Å². The Morgan fingerprint density at radius 3 is 2.26 bits per heavy atom. The molecule has 31 heavy (non-hydrogen) atoms. The van der Waals surface area contributed by atoms with Crippen molar-refractivity contribution >= 4 is 11.8 Å². The molecule has 0 aliphatic carbocycles. The molecule has 4 rings (SSSR count). The Bertz CT molecular complexity index is 1220. The molecule has 0 atom stereocenters. The van der Waals surface area contributed by atoms with Crippen LogP contribution in [0.1, 0.15) is 11.1 Å². The number of amides is 1. The number of carbonyl (C=O) groups is 1. The minimum atomic E-state index is -0.409. The Hall–Kier alpha value is -4.30. The maximum absolute atomic E-state index is 12.3. The number of furan rings is 1. The van der Waals surface area contributed by atoms with Crippen LogP contribution in [-0.4, -0.2) is 12.5 Å². The van der Waals surface area contributed by atoms with Gasteiger partial charge in [-0.2, -0.15) is 5.26 Å². The summed E-state index contributed by atoms with van der Waals surface area (Å²) >= 11 is 0. The van der Waals surface area contributed by atoms with Gasteiger partial charge in [0.15, 0.2) is 6.61 Å². The number of nitrogens with zero attached hydrogens (tertiary/aromatic N) is 1. The van der Waals surface area contributed by atoms with Crippen molar-refractivity contribution in [2.75, 3.05) is 11.9 Å². The maximum Gasteiger partial charge on any atom is 0.264 e. The summed E-state index contributed by atoms with van der Waals surface area (Å²) in [6.07, 6.45) is 0. The van der Waals surface area contributed by atoms with Crippen molar-refractivity contribution in [3.8, 4) is 34.3 Å². The zero-order valence-electron chi connectivity index (χ0n) is 17.0. The van der Waals surface area contributed by atoms with E-state index in [0.717, 1.165) is 22.3 Å². The van der Waals surface area contributed by atoms with E-state index in [-0.39, 0.29) is 18.1 Å². The van der Waals surface area contributed by atoms with Crippen molar-refractivity contribution in [2.45, 2.75) is 6.92 Å². The van der Waals surface area contributed by atoms with Crippen molar-refractivity contribution in [1.29, 1.82) is 5.26 Å². The topological polar surface area (TPSA) is 75.3 Å². The third-order valence-electron chi connectivity index (χ3n) is 4.77. The van der Waals surface area contributed by atoms with Gasteiger partial charge in [-0.1, -0.05) is 72.3 Å². The number of ether oxygens (including phenoxy) is 1. The molecule has 0 aliphatic rings. The molecule has 3 aromatic carbocycles. The number of nitriles is 1. The Kier molecular flexibility index (Phi) is 5.82. The predicted molar refractivity (Wildman–Crippen MR) is 120 cm³/mol. The fourth-order valence-electron chi connectivity index (χ4n) is 3.11. The molecule has 0 saturated carbocycles. The molecule has 1 N–H and O–H groups in total. The van der Waals surface area contributed by atoms with Gasteiger partial charge in [-0.25, -0.2) is 0 Å². The highest BCUT2D eigenvalue weighted by molar-refractivity contribution is 5.92. The average Bonchev–Trinajstić information content (AvgIpc) is 3.22. The lowest BCUT2D eigenvalue weighted by Gasteiger charge is -2.07. The maximum atomic E-state index is 12.3. The predicted octanol–water partition coefficient (Wildman–Crippen LogP) is 5.81. The van der Waals surface area contributed by atoms with Gasteiger partial charge in [0.2, 0.25) is 5.88 Å². The van der Waals surface area contributed by atoms with E-state index in [9.17, 15) is 10.1 Å². The van der Waals surface area contributed by atoms with Crippen LogP contribution in [0.5, 0.6) is 5.75 Å². The molecule has 0 bridgehead atoms. The Morgan fingerprint density at radius 2 is 1.58 bits per heavy atom. The Morgan fingerprint density at radius 1 is 0.935 bits per heavy atom. The molecule has 5 heteroatoms. The highest BCUT2D eigenvalue weighted by Gasteiger charge is 2.15. The highest BCUT2D eigenvalue weighted by atomic mass is 16.5. The van der Waals surface area contributed by atoms with Crippen molar-refractivity contribution in [2.24, 2.45) is 0 Å². The van der Waals surface area contributed by atoms with E-state index in [0.29, 0.717) is 11.5 Å². The van der Waals surface area contributed by atoms with E-state index in [4.69, 9.17) is 9.15 Å². The number of nitrogens with one attached hydrogen (secondary N) is 1. The monoisotopic (exact) mass is 408 g/mol. The van der Waals surface area contributed by atoms with Crippen molar-refractivity contribution in [3.63, 3.8) is 0 Å². The van der Waals surface area contributed by atoms with Gasteiger partial charge in [-0.15, -0.1) is 0 Å². The third-order valence-corrected chi connectivity index (χ3v) is 4.77. The second-order valence-electron chi connectivity index (χ2n) is 7.06. The van der Waals surface area contributed by atoms with Gasteiger partial charge in [0.1, 0.15) is 23.1 Å². The highest BCUT2D eigenvalue weighted by Crippen LogP contribution is 2.29. The molecule has 0 spiro atoms. The Balaban J connectivity index is 1.39. The van der Waals surface area contributed by atoms with Crippen molar-refractivity contribution in [3.05, 3.63) is 96.1 Å². The van der Waals surface area contributed by atoms with E-state index in [1.165, 1.54) is 0 Å². The minimum Gasteiger partial charge on any atom is -0.484 e. The SMILES string of the molecule is Cc1ccc(-c2cc(C#N)c(NC(=O)COc3ccc(-c4ccccc4)cc3)o2)cc1. The van der Waals surface area contributed by atoms with Crippen LogP contribution < -0.4 is 10.1 Å². The fraction of sp³-hybridized carbons (Fsp3) is 0.0769. The van der Waals surface area contributed by atoms with Crippen LogP contribution in [0.15, 0.2) is 89.3 Å². The first-order valence-corrected chi connectivity index (χ1v) is 9.81. The summed E-state index contributed by atoms with van der Waals surface area (Å²) in [4.78, 5) is 12.3. The summed E-state index contributed by atoms with van der Waals surface area (Å²) in [5.41, 5.74) is 4.39. The summed E-state index contributed by atoms with van der Waals surface area (Å²) in [6, 6.07) is 28.9. The molecule has 152 valence electrons. The number of hydrogen-bond donors (Lipinski definition) is 1. The first-order valence-electron chi connectivity index (χ1n) is 9.81. The zero-order chi connectivity index (χ0) is 21.6. The number of anilines is 1. The summed E-state index contributed by atoms with van der Waals surface area (Å²) in [7, 11) is 0. The standard InChI is InChI=1S/C26H20N2O3/c1-18-7-9-21(10-8-18)24-15-22(16-27)26(31-24)28-25(29)17-30-23-13-11-20(12-14-23)19-5-3-2-4-6-19/h2-15H,17H2,1H3,(H,28,29). The van der Waals surface area contributed by atoms with Crippen LogP contribution in [0.3, 0.4) is 0 Å². The number of carbonyl (C=O) groups excluding carboxylic acids is 1. The van der Waals surface area contributed by atoms with Gasteiger partial charge >= 0.3 is 0 Å². The quantitative estimate of drug-likeness (QED) is 0.437. The van der Waals surface area contributed by atoms with Crippen molar-refractivity contribution in [1.82, 2.24) is 0 Å². The molecule has 1 aromatic heterocycles. The summed E-state index contributed by atoms with van der Waals surface area (Å²) in [6.45, 7) is 1.80. The second-order valence-corrected chi connectivity index (χ2v) is 7.06. The van der Waals surface area contributed by atoms with Crippen LogP contribution in [0, 0.1) is 18.3 Å². The molecular formula is C26H20N2O3. The fourth-order valence-corrected chi connectivity index (χ4v) is 3.11. The number of aryl methyl sites for hydroxylation is 1. The normalized spacial score (nSPS) is 10.3. The minimum absolute atomic E-state index is 0.117. The molecule has 1 amide bonds. The van der Waals surface area contributed by atoms with Crippen molar-refractivity contribution < 1.29 is 13.9 Å². The van der Waals surface area contributed by atoms with Crippen LogP contribution in [0.4, 0.5) is 5.88 Å². The first kappa shape index (κ1) is 20.0. The lowest BCUT2D eigenvalue weighted by Crippen LogP contribution is -2.20. The molecule has 0 fully saturated rings. The Labute approximate surface area is 180 Å². The molecule has 0 radical (unpaired) electrons. The summed E-state index contributed by atoms with van der Waals surface area (Å²) in [5, 5.41) is 12.0. The van der Waals surface area contributed by atoms with E-state index in [1.54, 1.807) is 6.07 Å². The van der Waals surface area contributed by atoms with Gasteiger partial charge in [0, 0.05) is 11.6 Å². The third kappa shape index (κ3) is 4.82. The van der Waals surface area contributed by atoms with Crippen LogP contribution in [-0.2, 0) is 4.79 Å². The number of benzene rings is 3. The smallest absolute Gasteiger partial charge is 0.264 e. The summed E-state index contributed by atoms with van der Waals surface area (Å²) < 4.78 is 11.3. The van der Waals surface area contributed by atoms with E-state index in [1.807, 2.05) is 91.9 Å². The molecular weight excluding hydrogens is 388 g/mol. The second kappa shape index (κ2) is 9.02. The van der Waals surface area contributed by atoms with Gasteiger partial charge in [-0.3, -0.25) is 10.1 Å². The van der Waals surface area contributed by atoms with Gasteiger partial charge < -0.3 is 9.15 Å². The summed E-state index contributed by atoms with van der Waals surface area (Å²) in [5.74, 6) is 0.805. The molecule has 5 nitrogen and oxygen atoms in total. The lowest BCUT2D eigenvalue weighted by atomic mass is 10.1. The number of hydrogen-bond acceptors (Lipinski definition) is 4. The van der Waals surface area contributed by atoms with Crippen LogP contribution >= 0.6 is 0 Å². The molecule has 1 heterocycles. The van der Waals surface area contributed by atoms with Crippen LogP contribution in [0.2, 0.25) is 0 Å². The molecule has 0 aliphatic heterocycles. The van der Waals surface area contributed by atoms with Gasteiger partial charge in [-0.05, 0) is 30.2 Å². The number of rotatable bonds is 6. The molecule has 0 unspecified atom stereocenters. The average molecular weight is 408 g/mol. The first-order chi connectivity index (χ1) is 15.1.